The van der Waals surface area contributed by atoms with Gasteiger partial charge in [-0.2, -0.15) is 0 Å². The molecule has 0 bridgehead atoms. The number of carboxylic acids is 1. The van der Waals surface area contributed by atoms with Crippen LogP contribution >= 0.6 is 0 Å². The van der Waals surface area contributed by atoms with E-state index in [0.29, 0.717) is 24.1 Å². The van der Waals surface area contributed by atoms with Gasteiger partial charge in [0.05, 0.1) is 28.2 Å². The number of hydrogen-bond donors (Lipinski definition) is 2. The number of carboxylic acid groups (broad SMARTS) is 1. The monoisotopic (exact) mass is 530 g/mol. The molecule has 13 heteroatoms. The number of nitrogens with one attached hydrogen (secondary N) is 1. The highest BCUT2D eigenvalue weighted by atomic mass is 16.6. The maximum atomic E-state index is 13.4. The Morgan fingerprint density at radius 2 is 1.90 bits per heavy atom. The number of nitro benzene ring substituents is 1. The number of nitro groups is 1. The number of carbonyl (C=O) groups is 3. The van der Waals surface area contributed by atoms with Crippen LogP contribution in [0.3, 0.4) is 0 Å². The minimum absolute atomic E-state index is 0.0492. The van der Waals surface area contributed by atoms with Crippen LogP contribution in [-0.4, -0.2) is 59.5 Å². The Bertz CT molecular complexity index is 1840. The lowest BCUT2D eigenvalue weighted by atomic mass is 9.95. The minimum Gasteiger partial charge on any atom is -0.480 e. The van der Waals surface area contributed by atoms with Crippen molar-refractivity contribution in [2.45, 2.75) is 37.9 Å². The zero-order valence-corrected chi connectivity index (χ0v) is 20.9. The van der Waals surface area contributed by atoms with E-state index in [-0.39, 0.29) is 29.2 Å². The van der Waals surface area contributed by atoms with Gasteiger partial charge in [-0.25, -0.2) is 14.4 Å². The van der Waals surface area contributed by atoms with Crippen molar-refractivity contribution in [2.24, 2.45) is 0 Å². The highest BCUT2D eigenvalue weighted by Gasteiger charge is 2.54. The molecule has 1 spiro atoms. The number of imide groups is 1. The number of para-hydroxylation sites is 1. The van der Waals surface area contributed by atoms with Crippen LogP contribution in [0.4, 0.5) is 10.5 Å². The van der Waals surface area contributed by atoms with E-state index in [4.69, 9.17) is 4.98 Å². The molecule has 39 heavy (non-hydrogen) atoms. The van der Waals surface area contributed by atoms with Crippen LogP contribution in [0.2, 0.25) is 0 Å². The van der Waals surface area contributed by atoms with E-state index in [0.717, 1.165) is 21.1 Å². The second-order valence-electron chi connectivity index (χ2n) is 9.97. The predicted octanol–water partition coefficient (Wildman–Crippen LogP) is 1.97. The standard InChI is InChI=1S/C26H22N6O7/c1-13(22(33)34)31-21-19(4-3-5-20(21)32(38)39)30(25(31)37)12-17-7-6-14-8-15-10-26(11-16(15)9-18(14)27-17)23(35)28-24(36)29(26)2/h3-9,13H,10-12H2,1-2H3,(H,33,34)(H,28,35,36)/t13?,26-/m1/s1. The van der Waals surface area contributed by atoms with Crippen molar-refractivity contribution >= 4 is 45.5 Å². The second-order valence-corrected chi connectivity index (χ2v) is 9.97. The molecule has 2 atom stereocenters. The summed E-state index contributed by atoms with van der Waals surface area (Å²) in [7, 11) is 1.60. The molecule has 2 N–H and O–H groups in total. The van der Waals surface area contributed by atoms with E-state index in [1.165, 1.54) is 34.6 Å². The van der Waals surface area contributed by atoms with Gasteiger partial charge >= 0.3 is 17.7 Å². The Balaban J connectivity index is 1.43. The van der Waals surface area contributed by atoms with E-state index < -0.39 is 34.2 Å². The molecule has 0 radical (unpaired) electrons. The van der Waals surface area contributed by atoms with Crippen molar-refractivity contribution in [1.29, 1.82) is 0 Å². The maximum absolute atomic E-state index is 13.4. The summed E-state index contributed by atoms with van der Waals surface area (Å²) in [5.41, 5.74) is 1.06. The molecule has 2 aromatic heterocycles. The molecule has 1 fully saturated rings. The van der Waals surface area contributed by atoms with Gasteiger partial charge in [-0.05, 0) is 42.3 Å². The van der Waals surface area contributed by atoms with Gasteiger partial charge in [0.15, 0.2) is 0 Å². The molecule has 198 valence electrons. The minimum atomic E-state index is -1.33. The molecule has 1 saturated heterocycles. The predicted molar refractivity (Wildman–Crippen MR) is 137 cm³/mol. The average molecular weight is 530 g/mol. The third-order valence-electron chi connectivity index (χ3n) is 7.85. The van der Waals surface area contributed by atoms with Gasteiger partial charge < -0.3 is 10.0 Å². The number of imidazole rings is 1. The summed E-state index contributed by atoms with van der Waals surface area (Å²) in [4.78, 5) is 67.1. The fourth-order valence-electron chi connectivity index (χ4n) is 5.70. The van der Waals surface area contributed by atoms with Gasteiger partial charge in [0, 0.05) is 31.3 Å². The Hall–Kier alpha value is -5.07. The highest BCUT2D eigenvalue weighted by molar-refractivity contribution is 6.08. The first-order valence-corrected chi connectivity index (χ1v) is 12.1. The third kappa shape index (κ3) is 3.42. The number of likely N-dealkylation sites (N-methyl/N-ethyl adjacent to an activating group) is 1. The van der Waals surface area contributed by atoms with Gasteiger partial charge in [-0.3, -0.25) is 34.3 Å². The number of benzene rings is 2. The highest BCUT2D eigenvalue weighted by Crippen LogP contribution is 2.38. The van der Waals surface area contributed by atoms with Gasteiger partial charge in [-0.15, -0.1) is 0 Å². The van der Waals surface area contributed by atoms with Crippen molar-refractivity contribution in [2.75, 3.05) is 7.05 Å². The van der Waals surface area contributed by atoms with Crippen molar-refractivity contribution < 1.29 is 24.4 Å². The number of hydrogen-bond acceptors (Lipinski definition) is 7. The molecule has 0 saturated carbocycles. The number of aromatic nitrogens is 3. The van der Waals surface area contributed by atoms with Crippen LogP contribution in [0.5, 0.6) is 0 Å². The molecule has 2 aliphatic rings. The molecule has 1 aliphatic carbocycles. The van der Waals surface area contributed by atoms with Gasteiger partial charge in [-0.1, -0.05) is 12.1 Å². The number of rotatable bonds is 5. The van der Waals surface area contributed by atoms with E-state index in [2.05, 4.69) is 5.32 Å². The molecule has 6 rings (SSSR count). The Labute approximate surface area is 219 Å². The molecule has 13 nitrogen and oxygen atoms in total. The fraction of sp³-hybridized carbons (Fsp3) is 0.269. The number of urea groups is 1. The van der Waals surface area contributed by atoms with Gasteiger partial charge in [0.1, 0.15) is 17.1 Å². The fourth-order valence-corrected chi connectivity index (χ4v) is 5.70. The van der Waals surface area contributed by atoms with E-state index in [9.17, 15) is 34.4 Å². The number of non-ortho nitro benzene ring substituents is 1. The zero-order valence-electron chi connectivity index (χ0n) is 20.9. The summed E-state index contributed by atoms with van der Waals surface area (Å²) in [6.45, 7) is 1.24. The molecule has 3 amide bonds. The lowest BCUT2D eigenvalue weighted by molar-refractivity contribution is -0.383. The quantitative estimate of drug-likeness (QED) is 0.224. The Kier molecular flexibility index (Phi) is 5.11. The molecule has 1 aliphatic heterocycles. The molecule has 2 aromatic carbocycles. The summed E-state index contributed by atoms with van der Waals surface area (Å²) in [5.74, 6) is -1.63. The topological polar surface area (TPSA) is 170 Å². The van der Waals surface area contributed by atoms with Crippen LogP contribution in [-0.2, 0) is 29.0 Å². The van der Waals surface area contributed by atoms with Crippen LogP contribution < -0.4 is 11.0 Å². The van der Waals surface area contributed by atoms with Crippen molar-refractivity contribution in [3.63, 3.8) is 0 Å². The van der Waals surface area contributed by atoms with Gasteiger partial charge in [0.2, 0.25) is 0 Å². The van der Waals surface area contributed by atoms with Crippen molar-refractivity contribution in [3.05, 3.63) is 79.9 Å². The van der Waals surface area contributed by atoms with Crippen molar-refractivity contribution in [3.8, 4) is 0 Å². The summed E-state index contributed by atoms with van der Waals surface area (Å²) in [6, 6.07) is 9.82. The number of carbonyl (C=O) groups excluding carboxylic acids is 2. The second kappa shape index (κ2) is 8.21. The maximum Gasteiger partial charge on any atom is 0.330 e. The molecule has 3 heterocycles. The lowest BCUT2D eigenvalue weighted by Crippen LogP contribution is -2.48. The molecule has 4 aromatic rings. The van der Waals surface area contributed by atoms with E-state index in [1.54, 1.807) is 13.1 Å². The molecular formula is C26H22N6O7. The van der Waals surface area contributed by atoms with E-state index >= 15 is 0 Å². The smallest absolute Gasteiger partial charge is 0.330 e. The number of amides is 3. The first-order valence-electron chi connectivity index (χ1n) is 12.1. The summed E-state index contributed by atoms with van der Waals surface area (Å²) < 4.78 is 2.20. The average Bonchev–Trinajstić information content (AvgIpc) is 3.47. The SMILES string of the molecule is CC(C(=O)O)n1c(=O)n(Cc2ccc3cc4c(cc3n2)C[C@]2(C4)C(=O)NC(=O)N2C)c2cccc([N+](=O)[O-])c21. The Morgan fingerprint density at radius 1 is 1.18 bits per heavy atom. The van der Waals surface area contributed by atoms with E-state index in [1.807, 2.05) is 18.2 Å². The van der Waals surface area contributed by atoms with Crippen molar-refractivity contribution in [1.82, 2.24) is 24.3 Å². The largest absolute Gasteiger partial charge is 0.480 e. The number of nitrogens with zero attached hydrogens (tertiary/aromatic N) is 5. The third-order valence-corrected chi connectivity index (χ3v) is 7.85. The molecular weight excluding hydrogens is 508 g/mol. The number of aliphatic carboxylic acids is 1. The first kappa shape index (κ1) is 24.3. The van der Waals surface area contributed by atoms with Crippen LogP contribution in [0.25, 0.3) is 21.9 Å². The normalized spacial score (nSPS) is 19.2. The number of fused-ring (bicyclic) bond motifs is 3. The van der Waals surface area contributed by atoms with Crippen LogP contribution in [0, 0.1) is 10.1 Å². The Morgan fingerprint density at radius 3 is 2.54 bits per heavy atom. The first-order chi connectivity index (χ1) is 18.5. The lowest BCUT2D eigenvalue weighted by Gasteiger charge is -2.27. The molecule has 1 unspecified atom stereocenters. The zero-order chi connectivity index (χ0) is 27.8. The summed E-state index contributed by atoms with van der Waals surface area (Å²) in [6.07, 6.45) is 0.742. The van der Waals surface area contributed by atoms with Crippen LogP contribution in [0.1, 0.15) is 29.8 Å². The summed E-state index contributed by atoms with van der Waals surface area (Å²) in [5, 5.41) is 24.5. The van der Waals surface area contributed by atoms with Gasteiger partial charge in [0.25, 0.3) is 11.6 Å². The van der Waals surface area contributed by atoms with Crippen LogP contribution in [0.15, 0.2) is 47.3 Å². The number of pyridine rings is 1. The summed E-state index contributed by atoms with van der Waals surface area (Å²) >= 11 is 0.